The van der Waals surface area contributed by atoms with Gasteiger partial charge in [-0.05, 0) is 37.2 Å². The molecule has 1 N–H and O–H groups in total. The Hall–Kier alpha value is -1.78. The fraction of sp³-hybridized carbons (Fsp3) is 0.667. The maximum Gasteiger partial charge on any atom is 0.317 e. The Balaban J connectivity index is 1.96. The highest BCUT2D eigenvalue weighted by Crippen LogP contribution is 2.40. The standard InChI is InChI=1S/C18H29N3O2/c1-14-6-5-9-18(2,3)15(14)7-8-16(22)20-10-12-21(13-11-20)17(23)19-4/h7-8H,5-6,9-13H2,1-4H3,(H,19,23). The Labute approximate surface area is 139 Å². The molecule has 0 unspecified atom stereocenters. The summed E-state index contributed by atoms with van der Waals surface area (Å²) >= 11 is 0. The molecule has 0 radical (unpaired) electrons. The lowest BCUT2D eigenvalue weighted by Crippen LogP contribution is -2.52. The van der Waals surface area contributed by atoms with E-state index >= 15 is 0 Å². The Morgan fingerprint density at radius 3 is 2.30 bits per heavy atom. The zero-order valence-electron chi connectivity index (χ0n) is 14.8. The van der Waals surface area contributed by atoms with Gasteiger partial charge in [0.05, 0.1) is 0 Å². The molecule has 0 aromatic rings. The van der Waals surface area contributed by atoms with Crippen molar-refractivity contribution in [3.8, 4) is 0 Å². The minimum absolute atomic E-state index is 0.0447. The summed E-state index contributed by atoms with van der Waals surface area (Å²) in [6.45, 7) is 9.05. The van der Waals surface area contributed by atoms with Gasteiger partial charge in [0.1, 0.15) is 0 Å². The molecule has 0 atom stereocenters. The van der Waals surface area contributed by atoms with Gasteiger partial charge >= 0.3 is 6.03 Å². The topological polar surface area (TPSA) is 52.7 Å². The summed E-state index contributed by atoms with van der Waals surface area (Å²) in [7, 11) is 1.63. The summed E-state index contributed by atoms with van der Waals surface area (Å²) in [5, 5.41) is 2.62. The molecule has 1 heterocycles. The van der Waals surface area contributed by atoms with Crippen molar-refractivity contribution in [1.29, 1.82) is 0 Å². The molecule has 128 valence electrons. The second-order valence-corrected chi connectivity index (χ2v) is 7.13. The first-order chi connectivity index (χ1) is 10.8. The van der Waals surface area contributed by atoms with E-state index in [-0.39, 0.29) is 17.4 Å². The molecule has 23 heavy (non-hydrogen) atoms. The quantitative estimate of drug-likeness (QED) is 0.795. The molecule has 1 saturated heterocycles. The first kappa shape index (κ1) is 17.6. The van der Waals surface area contributed by atoms with Crippen molar-refractivity contribution in [3.05, 3.63) is 23.3 Å². The summed E-state index contributed by atoms with van der Waals surface area (Å²) in [5.41, 5.74) is 2.85. The van der Waals surface area contributed by atoms with Crippen LogP contribution in [0.1, 0.15) is 40.0 Å². The zero-order valence-corrected chi connectivity index (χ0v) is 14.8. The molecule has 2 aliphatic rings. The lowest BCUT2D eigenvalue weighted by Gasteiger charge is -2.34. The van der Waals surface area contributed by atoms with Crippen molar-refractivity contribution in [2.75, 3.05) is 33.2 Å². The van der Waals surface area contributed by atoms with Crippen molar-refractivity contribution in [1.82, 2.24) is 15.1 Å². The van der Waals surface area contributed by atoms with Crippen LogP contribution in [0, 0.1) is 5.41 Å². The van der Waals surface area contributed by atoms with Gasteiger partial charge in [0.25, 0.3) is 0 Å². The normalized spacial score (nSPS) is 21.7. The predicted octanol–water partition coefficient (Wildman–Crippen LogP) is 2.55. The Kier molecular flexibility index (Phi) is 5.50. The van der Waals surface area contributed by atoms with Crippen molar-refractivity contribution in [2.24, 2.45) is 5.41 Å². The second-order valence-electron chi connectivity index (χ2n) is 7.13. The van der Waals surface area contributed by atoms with E-state index in [0.29, 0.717) is 26.2 Å². The maximum atomic E-state index is 12.4. The first-order valence-corrected chi connectivity index (χ1v) is 8.49. The van der Waals surface area contributed by atoms with E-state index < -0.39 is 0 Å². The summed E-state index contributed by atoms with van der Waals surface area (Å²) in [4.78, 5) is 27.5. The van der Waals surface area contributed by atoms with Gasteiger partial charge in [0, 0.05) is 39.3 Å². The summed E-state index contributed by atoms with van der Waals surface area (Å²) < 4.78 is 0. The van der Waals surface area contributed by atoms with Crippen LogP contribution in [-0.4, -0.2) is 55.0 Å². The molecule has 5 heteroatoms. The lowest BCUT2D eigenvalue weighted by atomic mass is 9.72. The highest BCUT2D eigenvalue weighted by molar-refractivity contribution is 5.88. The molecule has 2 rings (SSSR count). The van der Waals surface area contributed by atoms with Gasteiger partial charge in [-0.25, -0.2) is 4.79 Å². The minimum Gasteiger partial charge on any atom is -0.341 e. The summed E-state index contributed by atoms with van der Waals surface area (Å²) in [5.74, 6) is 0.0447. The number of hydrogen-bond acceptors (Lipinski definition) is 2. The fourth-order valence-corrected chi connectivity index (χ4v) is 3.56. The Bertz CT molecular complexity index is 526. The zero-order chi connectivity index (χ0) is 17.0. The van der Waals surface area contributed by atoms with Crippen LogP contribution in [0.2, 0.25) is 0 Å². The van der Waals surface area contributed by atoms with Gasteiger partial charge in [0.2, 0.25) is 5.91 Å². The van der Waals surface area contributed by atoms with Crippen LogP contribution in [0.5, 0.6) is 0 Å². The van der Waals surface area contributed by atoms with E-state index in [0.717, 1.165) is 6.42 Å². The molecule has 0 spiro atoms. The van der Waals surface area contributed by atoms with Crippen LogP contribution in [0.25, 0.3) is 0 Å². The molecular formula is C18H29N3O2. The maximum absolute atomic E-state index is 12.4. The van der Waals surface area contributed by atoms with E-state index in [1.54, 1.807) is 18.0 Å². The van der Waals surface area contributed by atoms with Crippen molar-refractivity contribution in [3.63, 3.8) is 0 Å². The molecule has 1 aliphatic carbocycles. The van der Waals surface area contributed by atoms with Gasteiger partial charge < -0.3 is 15.1 Å². The third kappa shape index (κ3) is 4.15. The van der Waals surface area contributed by atoms with Crippen LogP contribution in [0.4, 0.5) is 4.79 Å². The molecule has 0 aromatic heterocycles. The lowest BCUT2D eigenvalue weighted by molar-refractivity contribution is -0.127. The number of piperazine rings is 1. The van der Waals surface area contributed by atoms with Crippen LogP contribution in [0.15, 0.2) is 23.3 Å². The average Bonchev–Trinajstić information content (AvgIpc) is 2.53. The highest BCUT2D eigenvalue weighted by atomic mass is 16.2. The number of rotatable bonds is 2. The highest BCUT2D eigenvalue weighted by Gasteiger charge is 2.27. The van der Waals surface area contributed by atoms with Crippen molar-refractivity contribution >= 4 is 11.9 Å². The third-order valence-corrected chi connectivity index (χ3v) is 5.03. The van der Waals surface area contributed by atoms with E-state index in [2.05, 4.69) is 26.1 Å². The number of carbonyl (C=O) groups excluding carboxylic acids is 2. The number of urea groups is 1. The molecule has 1 fully saturated rings. The number of carbonyl (C=O) groups is 2. The van der Waals surface area contributed by atoms with Gasteiger partial charge in [-0.15, -0.1) is 0 Å². The molecule has 0 saturated carbocycles. The summed E-state index contributed by atoms with van der Waals surface area (Å²) in [6, 6.07) is -0.0719. The Morgan fingerprint density at radius 1 is 1.13 bits per heavy atom. The van der Waals surface area contributed by atoms with Crippen LogP contribution in [0.3, 0.4) is 0 Å². The molecular weight excluding hydrogens is 290 g/mol. The number of hydrogen-bond donors (Lipinski definition) is 1. The molecule has 5 nitrogen and oxygen atoms in total. The number of allylic oxidation sites excluding steroid dienone is 3. The van der Waals surface area contributed by atoms with Gasteiger partial charge in [-0.2, -0.15) is 0 Å². The van der Waals surface area contributed by atoms with Gasteiger partial charge in [-0.1, -0.05) is 25.5 Å². The van der Waals surface area contributed by atoms with Crippen LogP contribution >= 0.6 is 0 Å². The van der Waals surface area contributed by atoms with Crippen LogP contribution < -0.4 is 5.32 Å². The Morgan fingerprint density at radius 2 is 1.74 bits per heavy atom. The van der Waals surface area contributed by atoms with E-state index in [1.165, 1.54) is 24.0 Å². The number of nitrogens with one attached hydrogen (secondary N) is 1. The SMILES string of the molecule is CNC(=O)N1CCN(C(=O)C=CC2=C(C)CCCC2(C)C)CC1. The molecule has 3 amide bonds. The summed E-state index contributed by atoms with van der Waals surface area (Å²) in [6.07, 6.45) is 7.25. The third-order valence-electron chi connectivity index (χ3n) is 5.03. The van der Waals surface area contributed by atoms with Crippen molar-refractivity contribution in [2.45, 2.75) is 40.0 Å². The number of amides is 3. The minimum atomic E-state index is -0.0719. The average molecular weight is 319 g/mol. The van der Waals surface area contributed by atoms with E-state index in [9.17, 15) is 9.59 Å². The monoisotopic (exact) mass is 319 g/mol. The number of nitrogens with zero attached hydrogens (tertiary/aromatic N) is 2. The van der Waals surface area contributed by atoms with Gasteiger partial charge in [-0.3, -0.25) is 4.79 Å². The van der Waals surface area contributed by atoms with Gasteiger partial charge in [0.15, 0.2) is 0 Å². The molecule has 0 aromatic carbocycles. The second kappa shape index (κ2) is 7.20. The van der Waals surface area contributed by atoms with E-state index in [4.69, 9.17) is 0 Å². The van der Waals surface area contributed by atoms with Crippen LogP contribution in [-0.2, 0) is 4.79 Å². The predicted molar refractivity (Wildman–Crippen MR) is 92.1 cm³/mol. The smallest absolute Gasteiger partial charge is 0.317 e. The first-order valence-electron chi connectivity index (χ1n) is 8.49. The fourth-order valence-electron chi connectivity index (χ4n) is 3.56. The molecule has 1 aliphatic heterocycles. The van der Waals surface area contributed by atoms with Crippen molar-refractivity contribution < 1.29 is 9.59 Å². The molecule has 0 bridgehead atoms. The largest absolute Gasteiger partial charge is 0.341 e. The van der Waals surface area contributed by atoms with E-state index in [1.807, 2.05) is 11.0 Å².